The van der Waals surface area contributed by atoms with Crippen LogP contribution in [0.2, 0.25) is 0 Å². The Balaban J connectivity index is 2.27. The lowest BCUT2D eigenvalue weighted by atomic mass is 10.1. The van der Waals surface area contributed by atoms with Gasteiger partial charge in [-0.1, -0.05) is 44.9 Å². The molecular formula is C12H23NO2. The molecule has 1 aliphatic rings. The molecule has 1 heterocycles. The van der Waals surface area contributed by atoms with E-state index in [1.165, 1.54) is 32.1 Å². The molecule has 0 aromatic carbocycles. The summed E-state index contributed by atoms with van der Waals surface area (Å²) in [6.45, 7) is 0.718. The zero-order valence-electron chi connectivity index (χ0n) is 9.50. The lowest BCUT2D eigenvalue weighted by Gasteiger charge is -2.10. The molecule has 0 radical (unpaired) electrons. The molecule has 1 saturated heterocycles. The first-order valence-electron chi connectivity index (χ1n) is 6.26. The highest BCUT2D eigenvalue weighted by atomic mass is 16.3. The molecule has 1 atom stereocenters. The van der Waals surface area contributed by atoms with Gasteiger partial charge in [0.1, 0.15) is 6.10 Å². The van der Waals surface area contributed by atoms with Crippen molar-refractivity contribution in [3.63, 3.8) is 0 Å². The molecule has 1 aliphatic heterocycles. The van der Waals surface area contributed by atoms with Crippen molar-refractivity contribution in [3.05, 3.63) is 0 Å². The van der Waals surface area contributed by atoms with E-state index in [0.717, 1.165) is 25.8 Å². The third-order valence-corrected chi connectivity index (χ3v) is 3.01. The molecule has 3 nitrogen and oxygen atoms in total. The van der Waals surface area contributed by atoms with Gasteiger partial charge in [0.2, 0.25) is 5.91 Å². The Kier molecular flexibility index (Phi) is 6.41. The third-order valence-electron chi connectivity index (χ3n) is 3.01. The van der Waals surface area contributed by atoms with Crippen molar-refractivity contribution in [2.24, 2.45) is 0 Å². The number of carbonyl (C=O) groups is 1. The topological polar surface area (TPSA) is 49.3 Å². The van der Waals surface area contributed by atoms with Crippen molar-refractivity contribution < 1.29 is 9.90 Å². The van der Waals surface area contributed by atoms with E-state index in [1.807, 2.05) is 0 Å². The summed E-state index contributed by atoms with van der Waals surface area (Å²) in [5, 5.41) is 12.3. The molecule has 2 N–H and O–H groups in total. The molecule has 1 amide bonds. The van der Waals surface area contributed by atoms with E-state index < -0.39 is 6.10 Å². The Bertz CT molecular complexity index is 182. The molecule has 0 spiro atoms. The maximum atomic E-state index is 11.4. The van der Waals surface area contributed by atoms with Gasteiger partial charge >= 0.3 is 0 Å². The molecule has 0 aromatic rings. The number of aliphatic hydroxyl groups is 1. The first-order valence-corrected chi connectivity index (χ1v) is 6.26. The summed E-state index contributed by atoms with van der Waals surface area (Å²) >= 11 is 0. The summed E-state index contributed by atoms with van der Waals surface area (Å²) in [7, 11) is 0. The Morgan fingerprint density at radius 3 is 2.13 bits per heavy atom. The molecule has 1 fully saturated rings. The molecule has 0 bridgehead atoms. The normalized spacial score (nSPS) is 27.0. The lowest BCUT2D eigenvalue weighted by molar-refractivity contribution is -0.129. The summed E-state index contributed by atoms with van der Waals surface area (Å²) in [6.07, 6.45) is 9.31. The Hall–Kier alpha value is -0.570. The van der Waals surface area contributed by atoms with E-state index in [-0.39, 0.29) is 5.91 Å². The summed E-state index contributed by atoms with van der Waals surface area (Å²) in [5.41, 5.74) is 0. The molecule has 0 saturated carbocycles. The van der Waals surface area contributed by atoms with E-state index in [9.17, 15) is 9.90 Å². The first kappa shape index (κ1) is 12.5. The minimum atomic E-state index is -0.786. The molecule has 0 aliphatic carbocycles. The number of aliphatic hydroxyl groups excluding tert-OH is 1. The zero-order chi connectivity index (χ0) is 10.9. The highest BCUT2D eigenvalue weighted by Gasteiger charge is 2.13. The van der Waals surface area contributed by atoms with Gasteiger partial charge in [-0.15, -0.1) is 0 Å². The fourth-order valence-corrected chi connectivity index (χ4v) is 1.98. The lowest BCUT2D eigenvalue weighted by Crippen LogP contribution is -2.35. The smallest absolute Gasteiger partial charge is 0.248 e. The SMILES string of the molecule is O=C1NCCCCCCCCCCC1O. The third kappa shape index (κ3) is 5.78. The fraction of sp³-hybridized carbons (Fsp3) is 0.917. The minimum Gasteiger partial charge on any atom is -0.383 e. The summed E-state index contributed by atoms with van der Waals surface area (Å²) in [6, 6.07) is 0. The van der Waals surface area contributed by atoms with Gasteiger partial charge in [-0.3, -0.25) is 4.79 Å². The standard InChI is InChI=1S/C12H23NO2/c14-11-9-7-5-3-1-2-4-6-8-10-13-12(11)15/h11,14H,1-10H2,(H,13,15). The number of hydrogen-bond acceptors (Lipinski definition) is 2. The first-order chi connectivity index (χ1) is 7.30. The Morgan fingerprint density at radius 2 is 1.47 bits per heavy atom. The predicted octanol–water partition coefficient (Wildman–Crippen LogP) is 1.99. The Morgan fingerprint density at radius 1 is 0.933 bits per heavy atom. The van der Waals surface area contributed by atoms with Crippen LogP contribution < -0.4 is 5.32 Å². The van der Waals surface area contributed by atoms with Gasteiger partial charge in [0.25, 0.3) is 0 Å². The Labute approximate surface area is 92.3 Å². The molecule has 88 valence electrons. The van der Waals surface area contributed by atoms with Crippen LogP contribution >= 0.6 is 0 Å². The number of hydrogen-bond donors (Lipinski definition) is 2. The molecule has 0 aromatic heterocycles. The van der Waals surface area contributed by atoms with Crippen LogP contribution in [-0.4, -0.2) is 23.7 Å². The zero-order valence-corrected chi connectivity index (χ0v) is 9.50. The van der Waals surface area contributed by atoms with Crippen molar-refractivity contribution in [3.8, 4) is 0 Å². The molecular weight excluding hydrogens is 190 g/mol. The van der Waals surface area contributed by atoms with Gasteiger partial charge in [0.05, 0.1) is 0 Å². The van der Waals surface area contributed by atoms with Crippen LogP contribution in [0.4, 0.5) is 0 Å². The summed E-state index contributed by atoms with van der Waals surface area (Å²) in [4.78, 5) is 11.4. The van der Waals surface area contributed by atoms with E-state index in [4.69, 9.17) is 0 Å². The van der Waals surface area contributed by atoms with Crippen molar-refractivity contribution in [1.29, 1.82) is 0 Å². The van der Waals surface area contributed by atoms with Crippen LogP contribution in [-0.2, 0) is 4.79 Å². The largest absolute Gasteiger partial charge is 0.383 e. The second kappa shape index (κ2) is 7.69. The number of amides is 1. The maximum absolute atomic E-state index is 11.4. The molecule has 1 unspecified atom stereocenters. The van der Waals surface area contributed by atoms with Crippen molar-refractivity contribution in [1.82, 2.24) is 5.32 Å². The quantitative estimate of drug-likeness (QED) is 0.646. The van der Waals surface area contributed by atoms with Gasteiger partial charge in [0.15, 0.2) is 0 Å². The van der Waals surface area contributed by atoms with Crippen LogP contribution in [0.5, 0.6) is 0 Å². The number of nitrogens with one attached hydrogen (secondary N) is 1. The number of carbonyl (C=O) groups excluding carboxylic acids is 1. The fourth-order valence-electron chi connectivity index (χ4n) is 1.98. The van der Waals surface area contributed by atoms with Crippen molar-refractivity contribution >= 4 is 5.91 Å². The minimum absolute atomic E-state index is 0.186. The van der Waals surface area contributed by atoms with Gasteiger partial charge in [-0.25, -0.2) is 0 Å². The van der Waals surface area contributed by atoms with Crippen molar-refractivity contribution in [2.75, 3.05) is 6.54 Å². The van der Waals surface area contributed by atoms with Crippen LogP contribution in [0, 0.1) is 0 Å². The molecule has 3 heteroatoms. The summed E-state index contributed by atoms with van der Waals surface area (Å²) in [5.74, 6) is -0.186. The van der Waals surface area contributed by atoms with Crippen LogP contribution in [0.1, 0.15) is 57.8 Å². The van der Waals surface area contributed by atoms with Crippen LogP contribution in [0.25, 0.3) is 0 Å². The van der Waals surface area contributed by atoms with Gasteiger partial charge in [-0.05, 0) is 12.8 Å². The van der Waals surface area contributed by atoms with Gasteiger partial charge < -0.3 is 10.4 Å². The van der Waals surface area contributed by atoms with Crippen LogP contribution in [0.3, 0.4) is 0 Å². The van der Waals surface area contributed by atoms with Gasteiger partial charge in [0, 0.05) is 6.54 Å². The van der Waals surface area contributed by atoms with E-state index in [1.54, 1.807) is 0 Å². The average molecular weight is 213 g/mol. The van der Waals surface area contributed by atoms with E-state index >= 15 is 0 Å². The van der Waals surface area contributed by atoms with Gasteiger partial charge in [-0.2, -0.15) is 0 Å². The number of rotatable bonds is 0. The maximum Gasteiger partial charge on any atom is 0.248 e. The highest BCUT2D eigenvalue weighted by molar-refractivity contribution is 5.80. The predicted molar refractivity (Wildman–Crippen MR) is 60.6 cm³/mol. The van der Waals surface area contributed by atoms with E-state index in [2.05, 4.69) is 5.32 Å². The van der Waals surface area contributed by atoms with Crippen LogP contribution in [0.15, 0.2) is 0 Å². The highest BCUT2D eigenvalue weighted by Crippen LogP contribution is 2.11. The van der Waals surface area contributed by atoms with E-state index in [0.29, 0.717) is 6.42 Å². The second-order valence-corrected chi connectivity index (χ2v) is 4.42. The monoisotopic (exact) mass is 213 g/mol. The van der Waals surface area contributed by atoms with Crippen molar-refractivity contribution in [2.45, 2.75) is 63.9 Å². The second-order valence-electron chi connectivity index (χ2n) is 4.42. The molecule has 15 heavy (non-hydrogen) atoms. The molecule has 1 rings (SSSR count). The summed E-state index contributed by atoms with van der Waals surface area (Å²) < 4.78 is 0. The average Bonchev–Trinajstić information content (AvgIpc) is 2.25.